The van der Waals surface area contributed by atoms with Gasteiger partial charge in [0.1, 0.15) is 37.0 Å². The van der Waals surface area contributed by atoms with Crippen LogP contribution >= 0.6 is 11.6 Å². The molecule has 15 nitrogen and oxygen atoms in total. The van der Waals surface area contributed by atoms with E-state index in [1.54, 1.807) is 30.3 Å². The van der Waals surface area contributed by atoms with E-state index in [1.807, 2.05) is 6.07 Å². The lowest BCUT2D eigenvalue weighted by Crippen LogP contribution is -2.70. The summed E-state index contributed by atoms with van der Waals surface area (Å²) in [5, 5.41) is 45.2. The van der Waals surface area contributed by atoms with Crippen LogP contribution in [-0.2, 0) is 19.0 Å². The monoisotopic (exact) mass is 815 g/mol. The van der Waals surface area contributed by atoms with Crippen molar-refractivity contribution in [3.05, 3.63) is 82.4 Å². The number of nitro groups is 1. The van der Waals surface area contributed by atoms with Crippen LogP contribution in [0.2, 0.25) is 0 Å². The highest BCUT2D eigenvalue weighted by molar-refractivity contribution is 6.18. The molecule has 16 heteroatoms. The topological polar surface area (TPSA) is 192 Å². The number of nitrogens with zero attached hydrogens (tertiary/aromatic N) is 3. The highest BCUT2D eigenvalue weighted by Crippen LogP contribution is 2.62. The first-order valence-electron chi connectivity index (χ1n) is 19.5. The zero-order valence-corrected chi connectivity index (χ0v) is 33.1. The fourth-order valence-electron chi connectivity index (χ4n) is 8.53. The van der Waals surface area contributed by atoms with Crippen LogP contribution in [0.4, 0.5) is 10.5 Å². The first-order chi connectivity index (χ1) is 27.8. The number of fused-ring (bicyclic) bond motifs is 2. The van der Waals surface area contributed by atoms with Crippen molar-refractivity contribution < 1.29 is 53.6 Å². The number of carbonyl (C=O) groups is 1. The standard InChI is InChI=1S/C41H54ClN3O12/c1-3-20-55-41-37(44(16-22-53-23-19-48)40(49)54-21-15-42)27-35(43-52-2)33-24-28(9-4-6-17-46)32(12-5-7-18-47)38(39(33)41)34-26-31(13-14-36(34)57-41)56-30-11-8-10-29(25-30)45(50)51/h3,8,10-11,13-14,24-26,28,32,37-39,46-48H,1,4-7,9,12,15-23,27H2,2H3. The second kappa shape index (κ2) is 21.5. The fraction of sp³-hybridized carbons (Fsp3) is 0.561. The van der Waals surface area contributed by atoms with Crippen molar-refractivity contribution in [1.82, 2.24) is 4.90 Å². The van der Waals surface area contributed by atoms with Gasteiger partial charge >= 0.3 is 6.09 Å². The smallest absolute Gasteiger partial charge is 0.410 e. The number of benzene rings is 2. The van der Waals surface area contributed by atoms with Crippen molar-refractivity contribution in [2.45, 2.75) is 62.7 Å². The lowest BCUT2D eigenvalue weighted by Gasteiger charge is -2.59. The molecule has 1 heterocycles. The van der Waals surface area contributed by atoms with Gasteiger partial charge in [-0.1, -0.05) is 36.2 Å². The second-order valence-corrected chi connectivity index (χ2v) is 14.5. The van der Waals surface area contributed by atoms with Crippen molar-refractivity contribution in [3.8, 4) is 17.2 Å². The SMILES string of the molecule is C=CCOC12Oc3ccc(Oc4cccc([N+](=O)[O-])c4)cc3C3C(CCCCO)C(CCCCO)C=C(C(=NOC)CC1N(CCOCCO)C(=O)OCCCl)C32. The molecule has 2 aromatic carbocycles. The molecule has 3 aliphatic rings. The normalized spacial score (nSPS) is 24.1. The molecule has 312 valence electrons. The lowest BCUT2D eigenvalue weighted by atomic mass is 9.55. The van der Waals surface area contributed by atoms with Crippen LogP contribution in [0, 0.1) is 27.9 Å². The van der Waals surface area contributed by atoms with Gasteiger partial charge in [-0.15, -0.1) is 18.2 Å². The summed E-state index contributed by atoms with van der Waals surface area (Å²) in [5.74, 6) is -1.19. The minimum Gasteiger partial charge on any atom is -0.459 e. The molecule has 1 aliphatic heterocycles. The van der Waals surface area contributed by atoms with Crippen molar-refractivity contribution in [2.24, 2.45) is 22.9 Å². The number of hydrogen-bond donors (Lipinski definition) is 3. The molecular formula is C41H54ClN3O12. The molecule has 0 spiro atoms. The number of rotatable bonds is 23. The van der Waals surface area contributed by atoms with Crippen molar-refractivity contribution in [3.63, 3.8) is 0 Å². The number of halogens is 1. The first-order valence-corrected chi connectivity index (χ1v) is 20.0. The molecule has 3 N–H and O–H groups in total. The number of allylic oxidation sites excluding steroid dienone is 1. The molecule has 1 saturated carbocycles. The summed E-state index contributed by atoms with van der Waals surface area (Å²) in [6.45, 7) is 4.06. The molecule has 5 rings (SSSR count). The van der Waals surface area contributed by atoms with Gasteiger partial charge in [-0.3, -0.25) is 15.0 Å². The molecule has 6 unspecified atom stereocenters. The third kappa shape index (κ3) is 10.3. The number of alkyl halides is 1. The summed E-state index contributed by atoms with van der Waals surface area (Å²) in [4.78, 5) is 32.1. The first kappa shape index (κ1) is 43.9. The van der Waals surface area contributed by atoms with Crippen LogP contribution < -0.4 is 9.47 Å². The van der Waals surface area contributed by atoms with Crippen LogP contribution in [0.15, 0.2) is 71.9 Å². The van der Waals surface area contributed by atoms with E-state index in [-0.39, 0.29) is 94.3 Å². The number of unbranched alkanes of at least 4 members (excludes halogenated alkanes) is 2. The predicted octanol–water partition coefficient (Wildman–Crippen LogP) is 6.34. The predicted molar refractivity (Wildman–Crippen MR) is 212 cm³/mol. The van der Waals surface area contributed by atoms with E-state index >= 15 is 0 Å². The maximum Gasteiger partial charge on any atom is 0.410 e. The quantitative estimate of drug-likeness (QED) is 0.0372. The second-order valence-electron chi connectivity index (χ2n) is 14.1. The third-order valence-electron chi connectivity index (χ3n) is 10.7. The Labute approximate surface area is 337 Å². The summed E-state index contributed by atoms with van der Waals surface area (Å²) in [7, 11) is 1.47. The molecule has 1 amide bonds. The Kier molecular flexibility index (Phi) is 16.5. The Bertz CT molecular complexity index is 1730. The number of aliphatic hydroxyl groups is 3. The minimum absolute atomic E-state index is 0.00571. The molecule has 57 heavy (non-hydrogen) atoms. The number of carbonyl (C=O) groups excluding carboxylic acids is 1. The minimum atomic E-state index is -1.53. The zero-order chi connectivity index (χ0) is 40.8. The van der Waals surface area contributed by atoms with E-state index in [1.165, 1.54) is 24.1 Å². The van der Waals surface area contributed by atoms with Crippen molar-refractivity contribution >= 4 is 29.1 Å². The highest BCUT2D eigenvalue weighted by atomic mass is 35.5. The van der Waals surface area contributed by atoms with Crippen LogP contribution in [0.3, 0.4) is 0 Å². The van der Waals surface area contributed by atoms with Crippen LogP contribution in [0.1, 0.15) is 56.4 Å². The average Bonchev–Trinajstić information content (AvgIpc) is 3.21. The molecule has 0 saturated heterocycles. The molecule has 2 aromatic rings. The molecule has 1 fully saturated rings. The molecule has 0 aromatic heterocycles. The number of nitro benzene ring substituents is 1. The molecule has 0 bridgehead atoms. The van der Waals surface area contributed by atoms with Gasteiger partial charge in [0.2, 0.25) is 5.79 Å². The van der Waals surface area contributed by atoms with Gasteiger partial charge in [0.05, 0.1) is 54.9 Å². The summed E-state index contributed by atoms with van der Waals surface area (Å²) < 4.78 is 31.6. The van der Waals surface area contributed by atoms with E-state index in [9.17, 15) is 30.2 Å². The summed E-state index contributed by atoms with van der Waals surface area (Å²) in [5.41, 5.74) is 2.14. The van der Waals surface area contributed by atoms with Gasteiger partial charge in [-0.2, -0.15) is 0 Å². The Balaban J connectivity index is 1.75. The molecule has 0 radical (unpaired) electrons. The number of aliphatic hydroxyl groups excluding tert-OH is 3. The number of oxime groups is 1. The Morgan fingerprint density at radius 2 is 1.84 bits per heavy atom. The van der Waals surface area contributed by atoms with Crippen molar-refractivity contribution in [2.75, 3.05) is 65.8 Å². The van der Waals surface area contributed by atoms with Gasteiger partial charge in [0.15, 0.2) is 0 Å². The van der Waals surface area contributed by atoms with E-state index in [4.69, 9.17) is 40.1 Å². The van der Waals surface area contributed by atoms with E-state index in [2.05, 4.69) is 17.8 Å². The van der Waals surface area contributed by atoms with E-state index in [0.29, 0.717) is 30.1 Å². The zero-order valence-electron chi connectivity index (χ0n) is 32.3. The lowest BCUT2D eigenvalue weighted by molar-refractivity contribution is -0.384. The highest BCUT2D eigenvalue weighted by Gasteiger charge is 2.65. The van der Waals surface area contributed by atoms with E-state index in [0.717, 1.165) is 36.8 Å². The number of non-ortho nitro benzene ring substituents is 1. The molecule has 6 atom stereocenters. The van der Waals surface area contributed by atoms with Gasteiger partial charge < -0.3 is 43.8 Å². The van der Waals surface area contributed by atoms with Gasteiger partial charge in [0, 0.05) is 43.7 Å². The average molecular weight is 816 g/mol. The number of hydrogen-bond acceptors (Lipinski definition) is 13. The molecular weight excluding hydrogens is 762 g/mol. The fourth-order valence-corrected chi connectivity index (χ4v) is 8.61. The maximum absolute atomic E-state index is 14.1. The third-order valence-corrected chi connectivity index (χ3v) is 10.9. The van der Waals surface area contributed by atoms with Gasteiger partial charge in [-0.05, 0) is 67.4 Å². The Morgan fingerprint density at radius 3 is 2.54 bits per heavy atom. The Morgan fingerprint density at radius 1 is 1.07 bits per heavy atom. The summed E-state index contributed by atoms with van der Waals surface area (Å²) in [6, 6.07) is 10.5. The maximum atomic E-state index is 14.1. The van der Waals surface area contributed by atoms with E-state index < -0.39 is 28.8 Å². The Hall–Kier alpha value is -4.25. The summed E-state index contributed by atoms with van der Waals surface area (Å²) >= 11 is 5.96. The van der Waals surface area contributed by atoms with Gasteiger partial charge in [0.25, 0.3) is 5.69 Å². The van der Waals surface area contributed by atoms with Crippen molar-refractivity contribution in [1.29, 1.82) is 0 Å². The number of ether oxygens (including phenoxy) is 5. The molecule has 2 aliphatic carbocycles. The summed E-state index contributed by atoms with van der Waals surface area (Å²) in [6.07, 6.45) is 7.54. The van der Waals surface area contributed by atoms with Gasteiger partial charge in [-0.25, -0.2) is 4.79 Å². The number of amides is 1. The van der Waals surface area contributed by atoms with Crippen LogP contribution in [-0.4, -0.2) is 115 Å². The van der Waals surface area contributed by atoms with Crippen LogP contribution in [0.5, 0.6) is 17.2 Å². The largest absolute Gasteiger partial charge is 0.459 e. The van der Waals surface area contributed by atoms with Crippen LogP contribution in [0.25, 0.3) is 0 Å².